The van der Waals surface area contributed by atoms with Crippen molar-refractivity contribution < 1.29 is 14.8 Å². The zero-order chi connectivity index (χ0) is 15.0. The summed E-state index contributed by atoms with van der Waals surface area (Å²) in [6, 6.07) is 6.40. The minimum atomic E-state index is 0.115. The van der Waals surface area contributed by atoms with Gasteiger partial charge in [-0.05, 0) is 23.5 Å². The molecule has 0 heterocycles. The molecule has 1 aromatic rings. The van der Waals surface area contributed by atoms with Crippen molar-refractivity contribution in [2.24, 2.45) is 0 Å². The normalized spacial score (nSPS) is 11.7. The highest BCUT2D eigenvalue weighted by Gasteiger charge is 2.20. The fourth-order valence-electron chi connectivity index (χ4n) is 2.20. The molecule has 0 aromatic heterocycles. The first-order valence-corrected chi connectivity index (χ1v) is 7.50. The molecule has 0 amide bonds. The molecule has 3 nitrogen and oxygen atoms in total. The van der Waals surface area contributed by atoms with E-state index in [2.05, 4.69) is 51.2 Å². The van der Waals surface area contributed by atoms with Gasteiger partial charge in [0.2, 0.25) is 0 Å². The SMILES string of the molecule is COCCC[NH2+]CCOc1c(C)cccc1C(C)(C)C. The third kappa shape index (κ3) is 5.51. The van der Waals surface area contributed by atoms with Gasteiger partial charge >= 0.3 is 0 Å². The van der Waals surface area contributed by atoms with Gasteiger partial charge in [0.15, 0.2) is 0 Å². The standard InChI is InChI=1S/C17H29NO2/c1-14-8-6-9-15(17(2,3)4)16(14)20-13-11-18-10-7-12-19-5/h6,8-9,18H,7,10-13H2,1-5H3/p+1. The van der Waals surface area contributed by atoms with E-state index in [4.69, 9.17) is 9.47 Å². The van der Waals surface area contributed by atoms with E-state index < -0.39 is 0 Å². The molecule has 0 atom stereocenters. The minimum absolute atomic E-state index is 0.115. The molecule has 1 aromatic carbocycles. The van der Waals surface area contributed by atoms with Crippen LogP contribution in [0.4, 0.5) is 0 Å². The van der Waals surface area contributed by atoms with Gasteiger partial charge in [0, 0.05) is 13.5 Å². The topological polar surface area (TPSA) is 35.1 Å². The Kier molecular flexibility index (Phi) is 7.03. The Hall–Kier alpha value is -1.06. The quantitative estimate of drug-likeness (QED) is 0.741. The van der Waals surface area contributed by atoms with Gasteiger partial charge in [-0.3, -0.25) is 0 Å². The van der Waals surface area contributed by atoms with Gasteiger partial charge in [-0.1, -0.05) is 39.0 Å². The van der Waals surface area contributed by atoms with E-state index in [1.807, 2.05) is 0 Å². The Morgan fingerprint density at radius 3 is 2.50 bits per heavy atom. The second kappa shape index (κ2) is 8.28. The van der Waals surface area contributed by atoms with Gasteiger partial charge in [0.05, 0.1) is 13.2 Å². The van der Waals surface area contributed by atoms with E-state index in [1.54, 1.807) is 7.11 Å². The van der Waals surface area contributed by atoms with Crippen LogP contribution in [0.3, 0.4) is 0 Å². The van der Waals surface area contributed by atoms with Crippen LogP contribution in [0, 0.1) is 6.92 Å². The molecule has 0 spiro atoms. The van der Waals surface area contributed by atoms with E-state index in [0.29, 0.717) is 0 Å². The number of quaternary nitrogens is 1. The van der Waals surface area contributed by atoms with Crippen molar-refractivity contribution in [1.29, 1.82) is 0 Å². The molecule has 1 rings (SSSR count). The first-order chi connectivity index (χ1) is 9.46. The first kappa shape index (κ1) is 17.0. The number of benzene rings is 1. The molecule has 0 fully saturated rings. The summed E-state index contributed by atoms with van der Waals surface area (Å²) in [5, 5.41) is 2.29. The molecule has 0 saturated carbocycles. The van der Waals surface area contributed by atoms with E-state index in [9.17, 15) is 0 Å². The highest BCUT2D eigenvalue weighted by atomic mass is 16.5. The summed E-state index contributed by atoms with van der Waals surface area (Å²) in [7, 11) is 1.75. The Balaban J connectivity index is 2.47. The monoisotopic (exact) mass is 280 g/mol. The van der Waals surface area contributed by atoms with Gasteiger partial charge < -0.3 is 14.8 Å². The molecule has 0 saturated heterocycles. The van der Waals surface area contributed by atoms with Crippen molar-refractivity contribution in [2.45, 2.75) is 39.5 Å². The fourth-order valence-corrected chi connectivity index (χ4v) is 2.20. The van der Waals surface area contributed by atoms with Gasteiger partial charge in [0.1, 0.15) is 18.9 Å². The summed E-state index contributed by atoms with van der Waals surface area (Å²) in [4.78, 5) is 0. The number of methoxy groups -OCH3 is 1. The molecule has 0 aliphatic rings. The number of para-hydroxylation sites is 1. The van der Waals surface area contributed by atoms with Crippen LogP contribution in [0.15, 0.2) is 18.2 Å². The number of rotatable bonds is 8. The van der Waals surface area contributed by atoms with Crippen molar-refractivity contribution >= 4 is 0 Å². The number of ether oxygens (including phenoxy) is 2. The largest absolute Gasteiger partial charge is 0.487 e. The van der Waals surface area contributed by atoms with E-state index >= 15 is 0 Å². The van der Waals surface area contributed by atoms with Crippen LogP contribution in [-0.4, -0.2) is 33.4 Å². The summed E-state index contributed by atoms with van der Waals surface area (Å²) in [6.45, 7) is 12.5. The first-order valence-electron chi connectivity index (χ1n) is 7.50. The molecule has 114 valence electrons. The Morgan fingerprint density at radius 2 is 1.85 bits per heavy atom. The lowest BCUT2D eigenvalue weighted by molar-refractivity contribution is -0.655. The highest BCUT2D eigenvalue weighted by Crippen LogP contribution is 2.33. The average Bonchev–Trinajstić information content (AvgIpc) is 2.38. The maximum atomic E-state index is 6.04. The molecular formula is C17H30NO2+. The maximum absolute atomic E-state index is 6.04. The third-order valence-electron chi connectivity index (χ3n) is 3.34. The summed E-state index contributed by atoms with van der Waals surface area (Å²) in [5.41, 5.74) is 2.62. The number of nitrogens with two attached hydrogens (primary N) is 1. The van der Waals surface area contributed by atoms with Crippen molar-refractivity contribution in [2.75, 3.05) is 33.4 Å². The Labute approximate surface area is 123 Å². The van der Waals surface area contributed by atoms with Gasteiger partial charge in [-0.15, -0.1) is 0 Å². The van der Waals surface area contributed by atoms with Gasteiger partial charge in [0.25, 0.3) is 0 Å². The molecule has 0 radical (unpaired) electrons. The molecule has 3 heteroatoms. The van der Waals surface area contributed by atoms with Crippen LogP contribution in [0.25, 0.3) is 0 Å². The predicted octanol–water partition coefficient (Wildman–Crippen LogP) is 2.27. The zero-order valence-corrected chi connectivity index (χ0v) is 13.7. The second-order valence-electron chi connectivity index (χ2n) is 6.26. The van der Waals surface area contributed by atoms with Crippen molar-refractivity contribution in [3.63, 3.8) is 0 Å². The van der Waals surface area contributed by atoms with E-state index in [1.165, 1.54) is 11.1 Å². The summed E-state index contributed by atoms with van der Waals surface area (Å²) in [6.07, 6.45) is 1.09. The highest BCUT2D eigenvalue weighted by molar-refractivity contribution is 5.44. The lowest BCUT2D eigenvalue weighted by Crippen LogP contribution is -2.85. The molecule has 2 N–H and O–H groups in total. The van der Waals surface area contributed by atoms with Crippen LogP contribution in [0.1, 0.15) is 38.3 Å². The third-order valence-corrected chi connectivity index (χ3v) is 3.34. The van der Waals surface area contributed by atoms with Crippen molar-refractivity contribution in [1.82, 2.24) is 0 Å². The lowest BCUT2D eigenvalue weighted by Gasteiger charge is -2.24. The average molecular weight is 280 g/mol. The molecule has 0 unspecified atom stereocenters. The zero-order valence-electron chi connectivity index (χ0n) is 13.7. The fraction of sp³-hybridized carbons (Fsp3) is 0.647. The second-order valence-corrected chi connectivity index (χ2v) is 6.26. The van der Waals surface area contributed by atoms with Crippen LogP contribution in [0.2, 0.25) is 0 Å². The molecule has 0 aliphatic heterocycles. The van der Waals surface area contributed by atoms with Gasteiger partial charge in [-0.2, -0.15) is 0 Å². The minimum Gasteiger partial charge on any atom is -0.487 e. The van der Waals surface area contributed by atoms with Crippen LogP contribution < -0.4 is 10.1 Å². The Bertz CT molecular complexity index is 396. The lowest BCUT2D eigenvalue weighted by atomic mass is 9.85. The van der Waals surface area contributed by atoms with Crippen molar-refractivity contribution in [3.8, 4) is 5.75 Å². The number of hydrogen-bond donors (Lipinski definition) is 1. The van der Waals surface area contributed by atoms with Crippen LogP contribution >= 0.6 is 0 Å². The van der Waals surface area contributed by atoms with Gasteiger partial charge in [-0.25, -0.2) is 0 Å². The summed E-state index contributed by atoms with van der Waals surface area (Å²) < 4.78 is 11.1. The summed E-state index contributed by atoms with van der Waals surface area (Å²) >= 11 is 0. The molecular weight excluding hydrogens is 250 g/mol. The Morgan fingerprint density at radius 1 is 1.10 bits per heavy atom. The van der Waals surface area contributed by atoms with Crippen molar-refractivity contribution in [3.05, 3.63) is 29.3 Å². The smallest absolute Gasteiger partial charge is 0.137 e. The van der Waals surface area contributed by atoms with E-state index in [-0.39, 0.29) is 5.41 Å². The molecule has 0 bridgehead atoms. The maximum Gasteiger partial charge on any atom is 0.137 e. The number of aryl methyl sites for hydroxylation is 1. The summed E-state index contributed by atoms with van der Waals surface area (Å²) in [5.74, 6) is 1.06. The van der Waals surface area contributed by atoms with E-state index in [0.717, 1.165) is 38.5 Å². The molecule has 20 heavy (non-hydrogen) atoms. The predicted molar refractivity (Wildman–Crippen MR) is 83.5 cm³/mol. The molecule has 0 aliphatic carbocycles. The van der Waals surface area contributed by atoms with Crippen LogP contribution in [-0.2, 0) is 10.2 Å². The van der Waals surface area contributed by atoms with Crippen LogP contribution in [0.5, 0.6) is 5.75 Å². The number of hydrogen-bond acceptors (Lipinski definition) is 2.